The Morgan fingerprint density at radius 3 is 2.40 bits per heavy atom. The van der Waals surface area contributed by atoms with Crippen molar-refractivity contribution in [1.82, 2.24) is 14.8 Å². The van der Waals surface area contributed by atoms with Crippen LogP contribution < -0.4 is 0 Å². The molecule has 0 radical (unpaired) electrons. The Kier molecular flexibility index (Phi) is 2.31. The molecule has 2 heterocycles. The van der Waals surface area contributed by atoms with Crippen LogP contribution in [0.2, 0.25) is 0 Å². The van der Waals surface area contributed by atoms with Gasteiger partial charge in [-0.15, -0.1) is 0 Å². The average Bonchev–Trinajstić information content (AvgIpc) is 2.46. The van der Waals surface area contributed by atoms with Gasteiger partial charge in [-0.2, -0.15) is 5.10 Å². The molecule has 2 aromatic heterocycles. The molecule has 0 aliphatic heterocycles. The van der Waals surface area contributed by atoms with Gasteiger partial charge in [0.25, 0.3) is 0 Å². The lowest BCUT2D eigenvalue weighted by Gasteiger charge is -2.04. The normalized spacial score (nSPS) is 10.7. The van der Waals surface area contributed by atoms with Gasteiger partial charge in [0.1, 0.15) is 0 Å². The summed E-state index contributed by atoms with van der Waals surface area (Å²) in [5, 5.41) is 4.51. The first kappa shape index (κ1) is 9.90. The van der Waals surface area contributed by atoms with Crippen molar-refractivity contribution in [3.63, 3.8) is 0 Å². The minimum Gasteiger partial charge on any atom is -0.261 e. The van der Waals surface area contributed by atoms with Crippen LogP contribution in [-0.4, -0.2) is 14.8 Å². The summed E-state index contributed by atoms with van der Waals surface area (Å²) in [4.78, 5) is 4.18. The van der Waals surface area contributed by atoms with Gasteiger partial charge in [0.2, 0.25) is 0 Å². The van der Waals surface area contributed by atoms with Gasteiger partial charge in [0.15, 0.2) is 0 Å². The molecule has 0 saturated carbocycles. The minimum atomic E-state index is 1.01. The molecule has 0 bridgehead atoms. The molecule has 78 valence electrons. The molecule has 0 spiro atoms. The van der Waals surface area contributed by atoms with Crippen LogP contribution in [0.15, 0.2) is 18.3 Å². The molecule has 3 nitrogen and oxygen atoms in total. The number of aromatic nitrogens is 3. The first-order chi connectivity index (χ1) is 7.09. The van der Waals surface area contributed by atoms with Gasteiger partial charge in [-0.1, -0.05) is 0 Å². The lowest BCUT2D eigenvalue weighted by Crippen LogP contribution is -2.00. The molecule has 2 rings (SSSR count). The summed E-state index contributed by atoms with van der Waals surface area (Å²) >= 11 is 0. The molecule has 0 atom stereocenters. The first-order valence-electron chi connectivity index (χ1n) is 5.05. The second-order valence-corrected chi connectivity index (χ2v) is 3.86. The van der Waals surface area contributed by atoms with E-state index in [1.807, 2.05) is 36.9 Å². The zero-order valence-electron chi connectivity index (χ0n) is 9.57. The molecular weight excluding hydrogens is 186 g/mol. The van der Waals surface area contributed by atoms with Crippen molar-refractivity contribution < 1.29 is 0 Å². The maximum absolute atomic E-state index is 4.51. The standard InChI is InChI=1S/C12H15N3/c1-8-7-12(5-6-13-8)15-11(4)9(2)10(3)14-15/h5-7H,1-4H3. The summed E-state index contributed by atoms with van der Waals surface area (Å²) in [6, 6.07) is 4.02. The van der Waals surface area contributed by atoms with Gasteiger partial charge in [-0.3, -0.25) is 4.98 Å². The fourth-order valence-corrected chi connectivity index (χ4v) is 1.63. The van der Waals surface area contributed by atoms with E-state index >= 15 is 0 Å². The Bertz CT molecular complexity index is 498. The summed E-state index contributed by atoms with van der Waals surface area (Å²) < 4.78 is 1.97. The first-order valence-corrected chi connectivity index (χ1v) is 5.05. The van der Waals surface area contributed by atoms with E-state index in [4.69, 9.17) is 0 Å². The van der Waals surface area contributed by atoms with E-state index in [1.54, 1.807) is 0 Å². The van der Waals surface area contributed by atoms with Crippen LogP contribution in [0.4, 0.5) is 0 Å². The van der Waals surface area contributed by atoms with Crippen molar-refractivity contribution in [3.05, 3.63) is 41.0 Å². The zero-order valence-corrected chi connectivity index (χ0v) is 9.57. The summed E-state index contributed by atoms with van der Waals surface area (Å²) in [5.41, 5.74) is 5.62. The van der Waals surface area contributed by atoms with Gasteiger partial charge in [-0.25, -0.2) is 4.68 Å². The van der Waals surface area contributed by atoms with Gasteiger partial charge < -0.3 is 0 Å². The van der Waals surface area contributed by atoms with Crippen LogP contribution >= 0.6 is 0 Å². The summed E-state index contributed by atoms with van der Waals surface area (Å²) in [5.74, 6) is 0. The van der Waals surface area contributed by atoms with Crippen molar-refractivity contribution in [2.45, 2.75) is 27.7 Å². The lowest BCUT2D eigenvalue weighted by molar-refractivity contribution is 0.829. The van der Waals surface area contributed by atoms with Crippen molar-refractivity contribution in [2.75, 3.05) is 0 Å². The third kappa shape index (κ3) is 1.65. The number of nitrogens with zero attached hydrogens (tertiary/aromatic N) is 3. The monoisotopic (exact) mass is 201 g/mol. The molecule has 15 heavy (non-hydrogen) atoms. The molecular formula is C12H15N3. The van der Waals surface area contributed by atoms with Crippen LogP contribution in [0, 0.1) is 27.7 Å². The van der Waals surface area contributed by atoms with Crippen molar-refractivity contribution in [1.29, 1.82) is 0 Å². The zero-order chi connectivity index (χ0) is 11.0. The van der Waals surface area contributed by atoms with E-state index in [2.05, 4.69) is 23.9 Å². The molecule has 0 amide bonds. The predicted molar refractivity (Wildman–Crippen MR) is 60.3 cm³/mol. The van der Waals surface area contributed by atoms with Crippen LogP contribution in [0.1, 0.15) is 22.6 Å². The molecule has 0 aliphatic rings. The second-order valence-electron chi connectivity index (χ2n) is 3.86. The van der Waals surface area contributed by atoms with Crippen LogP contribution in [0.25, 0.3) is 5.69 Å². The maximum Gasteiger partial charge on any atom is 0.0682 e. The Labute approximate surface area is 89.8 Å². The van der Waals surface area contributed by atoms with Crippen molar-refractivity contribution in [2.24, 2.45) is 0 Å². The Morgan fingerprint density at radius 2 is 1.87 bits per heavy atom. The van der Waals surface area contributed by atoms with E-state index in [9.17, 15) is 0 Å². The van der Waals surface area contributed by atoms with E-state index in [-0.39, 0.29) is 0 Å². The molecule has 0 aliphatic carbocycles. The quantitative estimate of drug-likeness (QED) is 0.709. The van der Waals surface area contributed by atoms with Gasteiger partial charge >= 0.3 is 0 Å². The van der Waals surface area contributed by atoms with Gasteiger partial charge in [-0.05, 0) is 45.4 Å². The third-order valence-corrected chi connectivity index (χ3v) is 2.78. The SMILES string of the molecule is Cc1cc(-n2nc(C)c(C)c2C)ccn1. The third-order valence-electron chi connectivity index (χ3n) is 2.78. The molecule has 0 aromatic carbocycles. The molecule has 0 fully saturated rings. The molecule has 0 saturated heterocycles. The highest BCUT2D eigenvalue weighted by Crippen LogP contribution is 2.16. The molecule has 0 N–H and O–H groups in total. The Hall–Kier alpha value is -1.64. The topological polar surface area (TPSA) is 30.7 Å². The highest BCUT2D eigenvalue weighted by molar-refractivity contribution is 5.36. The smallest absolute Gasteiger partial charge is 0.0682 e. The van der Waals surface area contributed by atoms with Crippen LogP contribution in [0.5, 0.6) is 0 Å². The van der Waals surface area contributed by atoms with Gasteiger partial charge in [0.05, 0.1) is 11.4 Å². The molecule has 2 aromatic rings. The summed E-state index contributed by atoms with van der Waals surface area (Å²) in [6.07, 6.45) is 1.82. The average molecular weight is 201 g/mol. The number of hydrogen-bond donors (Lipinski definition) is 0. The highest BCUT2D eigenvalue weighted by atomic mass is 15.3. The molecule has 3 heteroatoms. The summed E-state index contributed by atoms with van der Waals surface area (Å²) in [6.45, 7) is 8.21. The largest absolute Gasteiger partial charge is 0.261 e. The molecule has 0 unspecified atom stereocenters. The number of pyridine rings is 1. The predicted octanol–water partition coefficient (Wildman–Crippen LogP) is 2.50. The van der Waals surface area contributed by atoms with E-state index < -0.39 is 0 Å². The van der Waals surface area contributed by atoms with Gasteiger partial charge in [0, 0.05) is 17.6 Å². The van der Waals surface area contributed by atoms with Crippen molar-refractivity contribution in [3.8, 4) is 5.69 Å². The van der Waals surface area contributed by atoms with Crippen LogP contribution in [-0.2, 0) is 0 Å². The fraction of sp³-hybridized carbons (Fsp3) is 0.333. The Morgan fingerprint density at radius 1 is 1.13 bits per heavy atom. The fourth-order valence-electron chi connectivity index (χ4n) is 1.63. The van der Waals surface area contributed by atoms with E-state index in [0.717, 1.165) is 17.1 Å². The lowest BCUT2D eigenvalue weighted by atomic mass is 10.2. The minimum absolute atomic E-state index is 1.01. The summed E-state index contributed by atoms with van der Waals surface area (Å²) in [7, 11) is 0. The van der Waals surface area contributed by atoms with E-state index in [0.29, 0.717) is 0 Å². The number of aryl methyl sites for hydroxylation is 2. The Balaban J connectivity index is 2.59. The van der Waals surface area contributed by atoms with Crippen molar-refractivity contribution >= 4 is 0 Å². The second kappa shape index (κ2) is 3.50. The highest BCUT2D eigenvalue weighted by Gasteiger charge is 2.08. The number of rotatable bonds is 1. The number of hydrogen-bond acceptors (Lipinski definition) is 2. The van der Waals surface area contributed by atoms with E-state index in [1.165, 1.54) is 11.3 Å². The van der Waals surface area contributed by atoms with Crippen LogP contribution in [0.3, 0.4) is 0 Å². The maximum atomic E-state index is 4.51.